The van der Waals surface area contributed by atoms with Gasteiger partial charge in [-0.3, -0.25) is 0 Å². The van der Waals surface area contributed by atoms with E-state index in [0.717, 1.165) is 18.8 Å². The van der Waals surface area contributed by atoms with Crippen molar-refractivity contribution in [2.45, 2.75) is 29.5 Å². The molecule has 0 bridgehead atoms. The Labute approximate surface area is 117 Å². The second-order valence-electron chi connectivity index (χ2n) is 4.58. The van der Waals surface area contributed by atoms with Gasteiger partial charge in [0.25, 0.3) is 0 Å². The summed E-state index contributed by atoms with van der Waals surface area (Å²) in [6, 6.07) is 7.25. The van der Waals surface area contributed by atoms with Crippen LogP contribution in [0.1, 0.15) is 19.8 Å². The highest BCUT2D eigenvalue weighted by molar-refractivity contribution is 9.09. The highest BCUT2D eigenvalue weighted by Crippen LogP contribution is 2.24. The first-order valence-corrected chi connectivity index (χ1v) is 8.81. The summed E-state index contributed by atoms with van der Waals surface area (Å²) in [7, 11) is -3.08. The molecule has 1 heterocycles. The third-order valence-electron chi connectivity index (χ3n) is 3.30. The quantitative estimate of drug-likeness (QED) is 0.799. The van der Waals surface area contributed by atoms with Crippen LogP contribution in [0, 0.1) is 0 Å². The maximum atomic E-state index is 11.7. The van der Waals surface area contributed by atoms with Crippen molar-refractivity contribution < 1.29 is 8.42 Å². The van der Waals surface area contributed by atoms with Crippen molar-refractivity contribution in [3.8, 4) is 0 Å². The number of sulfone groups is 1. The lowest BCUT2D eigenvalue weighted by Crippen LogP contribution is -2.35. The van der Waals surface area contributed by atoms with Crippen LogP contribution in [0.5, 0.6) is 0 Å². The number of piperidine rings is 1. The van der Waals surface area contributed by atoms with Gasteiger partial charge in [0.15, 0.2) is 9.84 Å². The molecule has 0 spiro atoms. The van der Waals surface area contributed by atoms with Gasteiger partial charge in [-0.15, -0.1) is 0 Å². The number of benzene rings is 1. The van der Waals surface area contributed by atoms with Gasteiger partial charge >= 0.3 is 0 Å². The lowest BCUT2D eigenvalue weighted by atomic mass is 10.1. The van der Waals surface area contributed by atoms with Crippen LogP contribution in [-0.4, -0.2) is 32.1 Å². The van der Waals surface area contributed by atoms with Crippen molar-refractivity contribution in [3.05, 3.63) is 24.3 Å². The molecule has 0 aromatic heterocycles. The first-order chi connectivity index (χ1) is 8.53. The number of hydrogen-bond acceptors (Lipinski definition) is 3. The smallest absolute Gasteiger partial charge is 0.178 e. The highest BCUT2D eigenvalue weighted by atomic mass is 79.9. The third kappa shape index (κ3) is 3.06. The predicted molar refractivity (Wildman–Crippen MR) is 78.3 cm³/mol. The summed E-state index contributed by atoms with van der Waals surface area (Å²) >= 11 is 3.65. The molecule has 5 heteroatoms. The molecule has 1 aliphatic heterocycles. The molecule has 1 saturated heterocycles. The predicted octanol–water partition coefficient (Wildman–Crippen LogP) is 2.84. The van der Waals surface area contributed by atoms with Gasteiger partial charge in [-0.2, -0.15) is 0 Å². The minimum absolute atomic E-state index is 0.152. The van der Waals surface area contributed by atoms with Crippen LogP contribution in [0.25, 0.3) is 0 Å². The minimum atomic E-state index is -3.08. The monoisotopic (exact) mass is 331 g/mol. The van der Waals surface area contributed by atoms with E-state index in [1.165, 1.54) is 12.8 Å². The summed E-state index contributed by atoms with van der Waals surface area (Å²) in [5, 5.41) is 0. The van der Waals surface area contributed by atoms with Gasteiger partial charge in [-0.1, -0.05) is 22.9 Å². The molecule has 1 unspecified atom stereocenters. The number of rotatable bonds is 3. The maximum absolute atomic E-state index is 11.7. The molecule has 1 aliphatic rings. The summed E-state index contributed by atoms with van der Waals surface area (Å²) in [6.07, 6.45) is 2.38. The lowest BCUT2D eigenvalue weighted by Gasteiger charge is -2.32. The number of halogens is 1. The summed E-state index contributed by atoms with van der Waals surface area (Å²) in [5.41, 5.74) is 1.11. The Bertz CT molecular complexity index is 498. The van der Waals surface area contributed by atoms with E-state index in [2.05, 4.69) is 20.8 Å². The van der Waals surface area contributed by atoms with E-state index in [1.807, 2.05) is 12.1 Å². The highest BCUT2D eigenvalue weighted by Gasteiger charge is 2.18. The fourth-order valence-corrected chi connectivity index (χ4v) is 3.75. The molecular weight excluding hydrogens is 314 g/mol. The molecule has 0 saturated carbocycles. The number of nitrogens with zero attached hydrogens (tertiary/aromatic N) is 1. The number of hydrogen-bond donors (Lipinski definition) is 0. The van der Waals surface area contributed by atoms with Crippen LogP contribution in [0.2, 0.25) is 0 Å². The molecule has 1 aromatic carbocycles. The Balaban J connectivity index is 2.17. The van der Waals surface area contributed by atoms with Crippen LogP contribution in [0.3, 0.4) is 0 Å². The molecule has 1 aromatic rings. The van der Waals surface area contributed by atoms with Gasteiger partial charge in [0.2, 0.25) is 0 Å². The van der Waals surface area contributed by atoms with Crippen molar-refractivity contribution in [2.24, 2.45) is 0 Å². The first-order valence-electron chi connectivity index (χ1n) is 6.25. The normalized spacial score (nSPS) is 21.0. The second-order valence-corrected chi connectivity index (χ2v) is 8.16. The fourth-order valence-electron chi connectivity index (χ4n) is 2.19. The molecule has 0 N–H and O–H groups in total. The largest absolute Gasteiger partial charge is 0.370 e. The van der Waals surface area contributed by atoms with Gasteiger partial charge < -0.3 is 4.90 Å². The molecule has 0 amide bonds. The standard InChI is InChI=1S/C13H18BrNO2S/c1-2-18(16,17)13-7-5-12(6-8-13)15-9-3-4-11(14)10-15/h5-8,11H,2-4,9-10H2,1H3. The molecule has 18 heavy (non-hydrogen) atoms. The average molecular weight is 332 g/mol. The van der Waals surface area contributed by atoms with E-state index >= 15 is 0 Å². The van der Waals surface area contributed by atoms with Gasteiger partial charge in [-0.25, -0.2) is 8.42 Å². The van der Waals surface area contributed by atoms with Gasteiger partial charge in [0.1, 0.15) is 0 Å². The van der Waals surface area contributed by atoms with Crippen LogP contribution in [0.15, 0.2) is 29.2 Å². The first kappa shape index (κ1) is 13.9. The van der Waals surface area contributed by atoms with Crippen molar-refractivity contribution in [1.29, 1.82) is 0 Å². The fraction of sp³-hybridized carbons (Fsp3) is 0.538. The Morgan fingerprint density at radius 1 is 1.33 bits per heavy atom. The van der Waals surface area contributed by atoms with Crippen molar-refractivity contribution in [1.82, 2.24) is 0 Å². The van der Waals surface area contributed by atoms with Gasteiger partial charge in [0, 0.05) is 23.6 Å². The molecule has 3 nitrogen and oxygen atoms in total. The van der Waals surface area contributed by atoms with Crippen LogP contribution < -0.4 is 4.90 Å². The molecule has 0 aliphatic carbocycles. The summed E-state index contributed by atoms with van der Waals surface area (Å²) in [6.45, 7) is 3.70. The van der Waals surface area contributed by atoms with Crippen LogP contribution in [0.4, 0.5) is 5.69 Å². The summed E-state index contributed by atoms with van der Waals surface area (Å²) in [5.74, 6) is 0.152. The average Bonchev–Trinajstić information content (AvgIpc) is 2.39. The van der Waals surface area contributed by atoms with E-state index in [0.29, 0.717) is 9.72 Å². The van der Waals surface area contributed by atoms with Crippen LogP contribution in [-0.2, 0) is 9.84 Å². The Morgan fingerprint density at radius 3 is 2.56 bits per heavy atom. The second kappa shape index (κ2) is 5.61. The van der Waals surface area contributed by atoms with E-state index < -0.39 is 9.84 Å². The zero-order valence-electron chi connectivity index (χ0n) is 10.5. The maximum Gasteiger partial charge on any atom is 0.178 e. The van der Waals surface area contributed by atoms with Gasteiger partial charge in [-0.05, 0) is 37.1 Å². The molecular formula is C13H18BrNO2S. The SMILES string of the molecule is CCS(=O)(=O)c1ccc(N2CCCC(Br)C2)cc1. The molecule has 2 rings (SSSR count). The summed E-state index contributed by atoms with van der Waals surface area (Å²) < 4.78 is 23.4. The third-order valence-corrected chi connectivity index (χ3v) is 5.80. The van der Waals surface area contributed by atoms with E-state index in [9.17, 15) is 8.42 Å². The van der Waals surface area contributed by atoms with Gasteiger partial charge in [0.05, 0.1) is 10.6 Å². The number of alkyl halides is 1. The lowest BCUT2D eigenvalue weighted by molar-refractivity contribution is 0.594. The van der Waals surface area contributed by atoms with E-state index in [-0.39, 0.29) is 5.75 Å². The molecule has 100 valence electrons. The zero-order valence-corrected chi connectivity index (χ0v) is 12.9. The Morgan fingerprint density at radius 2 is 2.00 bits per heavy atom. The van der Waals surface area contributed by atoms with Crippen molar-refractivity contribution >= 4 is 31.5 Å². The van der Waals surface area contributed by atoms with Crippen molar-refractivity contribution in [2.75, 3.05) is 23.7 Å². The summed E-state index contributed by atoms with van der Waals surface area (Å²) in [4.78, 5) is 3.25. The Kier molecular flexibility index (Phi) is 4.33. The van der Waals surface area contributed by atoms with Crippen LogP contribution >= 0.6 is 15.9 Å². The zero-order chi connectivity index (χ0) is 13.2. The minimum Gasteiger partial charge on any atom is -0.370 e. The van der Waals surface area contributed by atoms with E-state index in [4.69, 9.17) is 0 Å². The van der Waals surface area contributed by atoms with E-state index in [1.54, 1.807) is 19.1 Å². The molecule has 0 radical (unpaired) electrons. The number of anilines is 1. The topological polar surface area (TPSA) is 37.4 Å². The Hall–Kier alpha value is -0.550. The molecule has 1 atom stereocenters. The van der Waals surface area contributed by atoms with Crippen molar-refractivity contribution in [3.63, 3.8) is 0 Å². The molecule has 1 fully saturated rings.